The SMILES string of the molecule is O=C[C@@H](Br)[C@@H](Br)C(=O)O. The van der Waals surface area contributed by atoms with Crippen LogP contribution in [0.15, 0.2) is 0 Å². The van der Waals surface area contributed by atoms with Crippen molar-refractivity contribution in [1.82, 2.24) is 0 Å². The number of alkyl halides is 2. The molecule has 0 aliphatic heterocycles. The summed E-state index contributed by atoms with van der Waals surface area (Å²) in [5.41, 5.74) is 0. The zero-order valence-electron chi connectivity index (χ0n) is 4.25. The van der Waals surface area contributed by atoms with Gasteiger partial charge in [0.2, 0.25) is 0 Å². The Morgan fingerprint density at radius 1 is 1.56 bits per heavy atom. The van der Waals surface area contributed by atoms with E-state index in [9.17, 15) is 9.59 Å². The number of aliphatic carboxylic acids is 1. The van der Waals surface area contributed by atoms with Crippen LogP contribution in [0.4, 0.5) is 0 Å². The molecule has 52 valence electrons. The molecule has 0 aliphatic carbocycles. The first kappa shape index (κ1) is 9.10. The van der Waals surface area contributed by atoms with E-state index in [0.717, 1.165) is 0 Å². The van der Waals surface area contributed by atoms with E-state index in [2.05, 4.69) is 31.9 Å². The van der Waals surface area contributed by atoms with E-state index in [4.69, 9.17) is 5.11 Å². The number of halogens is 2. The van der Waals surface area contributed by atoms with Crippen LogP contribution in [-0.2, 0) is 9.59 Å². The predicted octanol–water partition coefficient (Wildman–Crippen LogP) is 0.797. The van der Waals surface area contributed by atoms with Gasteiger partial charge < -0.3 is 9.90 Å². The maximum absolute atomic E-state index is 10.1. The number of carboxylic acid groups (broad SMARTS) is 1. The number of hydrogen-bond donors (Lipinski definition) is 1. The minimum atomic E-state index is -1.05. The van der Waals surface area contributed by atoms with Gasteiger partial charge in [0.25, 0.3) is 0 Å². The molecule has 0 aromatic heterocycles. The lowest BCUT2D eigenvalue weighted by atomic mass is 10.3. The van der Waals surface area contributed by atoms with Crippen LogP contribution in [-0.4, -0.2) is 27.0 Å². The molecule has 1 N–H and O–H groups in total. The molecule has 2 atom stereocenters. The zero-order chi connectivity index (χ0) is 7.44. The monoisotopic (exact) mass is 258 g/mol. The van der Waals surface area contributed by atoms with E-state index < -0.39 is 15.6 Å². The molecule has 0 unspecified atom stereocenters. The lowest BCUT2D eigenvalue weighted by Crippen LogP contribution is -2.24. The van der Waals surface area contributed by atoms with Crippen LogP contribution in [0.2, 0.25) is 0 Å². The molecule has 5 heteroatoms. The first-order valence-electron chi connectivity index (χ1n) is 2.06. The van der Waals surface area contributed by atoms with Crippen molar-refractivity contribution >= 4 is 44.1 Å². The van der Waals surface area contributed by atoms with Gasteiger partial charge >= 0.3 is 5.97 Å². The first-order valence-corrected chi connectivity index (χ1v) is 3.89. The summed E-state index contributed by atoms with van der Waals surface area (Å²) in [4.78, 5) is 18.5. The Labute approximate surface area is 68.7 Å². The number of hydrogen-bond acceptors (Lipinski definition) is 2. The molecule has 0 amide bonds. The molecule has 0 saturated heterocycles. The molecule has 3 nitrogen and oxygen atoms in total. The van der Waals surface area contributed by atoms with Gasteiger partial charge in [-0.1, -0.05) is 31.9 Å². The summed E-state index contributed by atoms with van der Waals surface area (Å²) in [6.07, 6.45) is 0.521. The highest BCUT2D eigenvalue weighted by Crippen LogP contribution is 2.11. The highest BCUT2D eigenvalue weighted by Gasteiger charge is 2.21. The standard InChI is InChI=1S/C4H4Br2O3/c5-2(1-7)3(6)4(8)9/h1-3H,(H,8,9)/t2-,3-/m1/s1. The van der Waals surface area contributed by atoms with Crippen LogP contribution in [0.25, 0.3) is 0 Å². The van der Waals surface area contributed by atoms with Gasteiger partial charge in [0.05, 0.1) is 4.83 Å². The van der Waals surface area contributed by atoms with Crippen LogP contribution >= 0.6 is 31.9 Å². The highest BCUT2D eigenvalue weighted by molar-refractivity contribution is 9.12. The van der Waals surface area contributed by atoms with E-state index >= 15 is 0 Å². The van der Waals surface area contributed by atoms with Gasteiger partial charge in [-0.3, -0.25) is 4.79 Å². The predicted molar refractivity (Wildman–Crippen MR) is 39.1 cm³/mol. The van der Waals surface area contributed by atoms with E-state index in [1.54, 1.807) is 0 Å². The van der Waals surface area contributed by atoms with Gasteiger partial charge in [0, 0.05) is 0 Å². The smallest absolute Gasteiger partial charge is 0.318 e. The molecular weight excluding hydrogens is 256 g/mol. The van der Waals surface area contributed by atoms with Gasteiger partial charge in [0.1, 0.15) is 11.1 Å². The topological polar surface area (TPSA) is 54.4 Å². The lowest BCUT2D eigenvalue weighted by molar-refractivity contribution is -0.136. The van der Waals surface area contributed by atoms with E-state index in [1.807, 2.05) is 0 Å². The van der Waals surface area contributed by atoms with E-state index in [1.165, 1.54) is 0 Å². The Balaban J connectivity index is 3.86. The molecule has 9 heavy (non-hydrogen) atoms. The Morgan fingerprint density at radius 3 is 2.11 bits per heavy atom. The Morgan fingerprint density at radius 2 is 2.00 bits per heavy atom. The number of aldehydes is 1. The van der Waals surface area contributed by atoms with Crippen molar-refractivity contribution in [3.63, 3.8) is 0 Å². The molecule has 0 aromatic carbocycles. The molecule has 0 aliphatic rings. The number of carbonyl (C=O) groups is 2. The van der Waals surface area contributed by atoms with Crippen molar-refractivity contribution in [3.8, 4) is 0 Å². The second-order valence-corrected chi connectivity index (χ2v) is 3.36. The third-order valence-electron chi connectivity index (χ3n) is 0.645. The largest absolute Gasteiger partial charge is 0.480 e. The molecule has 0 heterocycles. The van der Waals surface area contributed by atoms with Gasteiger partial charge in [-0.15, -0.1) is 0 Å². The van der Waals surface area contributed by atoms with Crippen molar-refractivity contribution in [1.29, 1.82) is 0 Å². The summed E-state index contributed by atoms with van der Waals surface area (Å²) in [5, 5.41) is 8.25. The van der Waals surface area contributed by atoms with Crippen LogP contribution in [0.1, 0.15) is 0 Å². The number of carbonyl (C=O) groups excluding carboxylic acids is 1. The average Bonchev–Trinajstić information content (AvgIpc) is 1.84. The summed E-state index contributed by atoms with van der Waals surface area (Å²) >= 11 is 5.64. The number of rotatable bonds is 3. The molecule has 0 aromatic rings. The third kappa shape index (κ3) is 2.95. The van der Waals surface area contributed by atoms with Gasteiger partial charge in [-0.2, -0.15) is 0 Å². The second-order valence-electron chi connectivity index (χ2n) is 1.32. The molecule has 0 spiro atoms. The minimum absolute atomic E-state index is 0.521. The fourth-order valence-corrected chi connectivity index (χ4v) is 0.556. The van der Waals surface area contributed by atoms with Crippen molar-refractivity contribution in [2.24, 2.45) is 0 Å². The maximum Gasteiger partial charge on any atom is 0.318 e. The van der Waals surface area contributed by atoms with E-state index in [0.29, 0.717) is 6.29 Å². The first-order chi connectivity index (χ1) is 4.09. The van der Waals surface area contributed by atoms with Crippen LogP contribution in [0.5, 0.6) is 0 Å². The fraction of sp³-hybridized carbons (Fsp3) is 0.500. The molecule has 0 saturated carbocycles. The average molecular weight is 260 g/mol. The summed E-state index contributed by atoms with van der Waals surface area (Å²) in [7, 11) is 0. The quantitative estimate of drug-likeness (QED) is 0.603. The Hall–Kier alpha value is 0.1000. The normalized spacial score (nSPS) is 16.2. The summed E-state index contributed by atoms with van der Waals surface area (Å²) in [6, 6.07) is 0. The van der Waals surface area contributed by atoms with Crippen molar-refractivity contribution in [2.45, 2.75) is 9.65 Å². The van der Waals surface area contributed by atoms with Crippen LogP contribution in [0, 0.1) is 0 Å². The van der Waals surface area contributed by atoms with Crippen LogP contribution in [0.3, 0.4) is 0 Å². The molecule has 0 radical (unpaired) electrons. The van der Waals surface area contributed by atoms with Gasteiger partial charge in [-0.25, -0.2) is 0 Å². The summed E-state index contributed by atoms with van der Waals surface area (Å²) in [5.74, 6) is -1.05. The highest BCUT2D eigenvalue weighted by atomic mass is 79.9. The maximum atomic E-state index is 10.1. The van der Waals surface area contributed by atoms with Gasteiger partial charge in [-0.05, 0) is 0 Å². The summed E-state index contributed by atoms with van der Waals surface area (Å²) < 4.78 is 0. The van der Waals surface area contributed by atoms with Crippen molar-refractivity contribution < 1.29 is 14.7 Å². The Bertz CT molecular complexity index is 125. The van der Waals surface area contributed by atoms with Crippen LogP contribution < -0.4 is 0 Å². The zero-order valence-corrected chi connectivity index (χ0v) is 7.42. The van der Waals surface area contributed by atoms with Crippen molar-refractivity contribution in [3.05, 3.63) is 0 Å². The van der Waals surface area contributed by atoms with Gasteiger partial charge in [0.15, 0.2) is 0 Å². The molecule has 0 bridgehead atoms. The molecule has 0 rings (SSSR count). The molecule has 0 fully saturated rings. The lowest BCUT2D eigenvalue weighted by Gasteiger charge is -2.02. The molecular formula is C4H4Br2O3. The van der Waals surface area contributed by atoms with Crippen molar-refractivity contribution in [2.75, 3.05) is 0 Å². The van der Waals surface area contributed by atoms with E-state index in [-0.39, 0.29) is 0 Å². The fourth-order valence-electron chi connectivity index (χ4n) is 0.205. The Kier molecular flexibility index (Phi) is 4.05. The number of carboxylic acids is 1. The second kappa shape index (κ2) is 4.00. The minimum Gasteiger partial charge on any atom is -0.480 e. The third-order valence-corrected chi connectivity index (χ3v) is 3.06. The summed E-state index contributed by atoms with van der Waals surface area (Å²) in [6.45, 7) is 0.